The van der Waals surface area contributed by atoms with Crippen molar-refractivity contribution in [3.63, 3.8) is 0 Å². The Balaban J connectivity index is 1.82. The van der Waals surface area contributed by atoms with Gasteiger partial charge in [0.25, 0.3) is 0 Å². The highest BCUT2D eigenvalue weighted by Gasteiger charge is 2.22. The van der Waals surface area contributed by atoms with E-state index in [0.717, 1.165) is 30.6 Å². The first-order valence-corrected chi connectivity index (χ1v) is 6.91. The predicted molar refractivity (Wildman–Crippen MR) is 75.3 cm³/mol. The van der Waals surface area contributed by atoms with Crippen LogP contribution in [0.5, 0.6) is 5.75 Å². The monoisotopic (exact) mass is 276 g/mol. The molecule has 1 heterocycles. The molecule has 0 unspecified atom stereocenters. The second-order valence-corrected chi connectivity index (χ2v) is 4.88. The molecule has 0 aromatic heterocycles. The zero-order valence-corrected chi connectivity index (χ0v) is 11.7. The molecule has 1 aliphatic heterocycles. The largest absolute Gasteiger partial charge is 0.497 e. The summed E-state index contributed by atoms with van der Waals surface area (Å²) in [4.78, 5) is 25.4. The van der Waals surface area contributed by atoms with Crippen molar-refractivity contribution in [2.45, 2.75) is 25.8 Å². The number of carbonyl (C=O) groups is 2. The van der Waals surface area contributed by atoms with Gasteiger partial charge in [-0.1, -0.05) is 12.1 Å². The van der Waals surface area contributed by atoms with Gasteiger partial charge < -0.3 is 15.0 Å². The molecule has 5 nitrogen and oxygen atoms in total. The topological polar surface area (TPSA) is 58.6 Å². The van der Waals surface area contributed by atoms with Crippen LogP contribution in [0.15, 0.2) is 24.3 Å². The first kappa shape index (κ1) is 14.4. The lowest BCUT2D eigenvalue weighted by Crippen LogP contribution is -2.44. The number of carbonyl (C=O) groups excluding carboxylic acids is 2. The lowest BCUT2D eigenvalue weighted by molar-refractivity contribution is -0.146. The van der Waals surface area contributed by atoms with Crippen molar-refractivity contribution in [2.75, 3.05) is 20.2 Å². The highest BCUT2D eigenvalue weighted by atomic mass is 16.5. The van der Waals surface area contributed by atoms with Crippen LogP contribution in [0, 0.1) is 0 Å². The summed E-state index contributed by atoms with van der Waals surface area (Å²) in [6, 6.07) is 7.39. The summed E-state index contributed by atoms with van der Waals surface area (Å²) < 4.78 is 5.06. The molecule has 0 spiro atoms. The molecule has 108 valence electrons. The van der Waals surface area contributed by atoms with Crippen LogP contribution in [0.4, 0.5) is 0 Å². The number of amides is 2. The Kier molecular flexibility index (Phi) is 4.98. The lowest BCUT2D eigenvalue weighted by atomic mass is 10.1. The number of hydrogen-bond acceptors (Lipinski definition) is 3. The third-order valence-corrected chi connectivity index (χ3v) is 3.45. The minimum atomic E-state index is -0.525. The van der Waals surface area contributed by atoms with E-state index in [0.29, 0.717) is 19.6 Å². The van der Waals surface area contributed by atoms with Gasteiger partial charge in [-0.15, -0.1) is 0 Å². The first-order valence-electron chi connectivity index (χ1n) is 6.91. The highest BCUT2D eigenvalue weighted by molar-refractivity contribution is 6.34. The van der Waals surface area contributed by atoms with Crippen LogP contribution < -0.4 is 10.1 Å². The van der Waals surface area contributed by atoms with E-state index >= 15 is 0 Å². The van der Waals surface area contributed by atoms with Crippen molar-refractivity contribution < 1.29 is 14.3 Å². The van der Waals surface area contributed by atoms with Crippen LogP contribution in [0.1, 0.15) is 24.8 Å². The minimum Gasteiger partial charge on any atom is -0.497 e. The van der Waals surface area contributed by atoms with Crippen LogP contribution >= 0.6 is 0 Å². The smallest absolute Gasteiger partial charge is 0.311 e. The Hall–Kier alpha value is -2.04. The summed E-state index contributed by atoms with van der Waals surface area (Å²) in [5.41, 5.74) is 0.936. The summed E-state index contributed by atoms with van der Waals surface area (Å²) in [7, 11) is 1.61. The average molecular weight is 276 g/mol. The number of rotatable bonds is 3. The van der Waals surface area contributed by atoms with Gasteiger partial charge in [-0.2, -0.15) is 0 Å². The normalized spacial score (nSPS) is 14.8. The number of likely N-dealkylation sites (tertiary alicyclic amines) is 1. The van der Waals surface area contributed by atoms with Crippen LogP contribution in [0.2, 0.25) is 0 Å². The highest BCUT2D eigenvalue weighted by Crippen LogP contribution is 2.11. The van der Waals surface area contributed by atoms with Crippen LogP contribution in [0.3, 0.4) is 0 Å². The molecule has 20 heavy (non-hydrogen) atoms. The summed E-state index contributed by atoms with van der Waals surface area (Å²) in [6.07, 6.45) is 3.10. The van der Waals surface area contributed by atoms with E-state index in [-0.39, 0.29) is 0 Å². The predicted octanol–water partition coefficient (Wildman–Crippen LogP) is 1.32. The molecule has 1 aromatic carbocycles. The number of ether oxygens (including phenoxy) is 1. The van der Waals surface area contributed by atoms with Gasteiger partial charge in [0.05, 0.1) is 7.11 Å². The third-order valence-electron chi connectivity index (χ3n) is 3.45. The van der Waals surface area contributed by atoms with Crippen molar-refractivity contribution in [3.8, 4) is 5.75 Å². The van der Waals surface area contributed by atoms with Crippen LogP contribution in [0.25, 0.3) is 0 Å². The summed E-state index contributed by atoms with van der Waals surface area (Å²) >= 11 is 0. The molecule has 0 saturated carbocycles. The van der Waals surface area contributed by atoms with Crippen molar-refractivity contribution in [2.24, 2.45) is 0 Å². The number of methoxy groups -OCH3 is 1. The minimum absolute atomic E-state index is 0.350. The van der Waals surface area contributed by atoms with E-state index in [1.807, 2.05) is 24.3 Å². The van der Waals surface area contributed by atoms with Crippen molar-refractivity contribution >= 4 is 11.8 Å². The molecular formula is C15H20N2O3. The maximum absolute atomic E-state index is 11.9. The number of hydrogen-bond donors (Lipinski definition) is 1. The molecule has 1 aliphatic rings. The van der Waals surface area contributed by atoms with Gasteiger partial charge in [0.15, 0.2) is 0 Å². The van der Waals surface area contributed by atoms with E-state index in [4.69, 9.17) is 4.74 Å². The van der Waals surface area contributed by atoms with E-state index < -0.39 is 11.8 Å². The fourth-order valence-electron chi connectivity index (χ4n) is 2.24. The van der Waals surface area contributed by atoms with Gasteiger partial charge in [-0.25, -0.2) is 0 Å². The zero-order chi connectivity index (χ0) is 14.4. The lowest BCUT2D eigenvalue weighted by Gasteiger charge is -2.25. The average Bonchev–Trinajstić information content (AvgIpc) is 2.53. The molecule has 5 heteroatoms. The van der Waals surface area contributed by atoms with E-state index in [2.05, 4.69) is 5.32 Å². The zero-order valence-electron chi connectivity index (χ0n) is 11.7. The standard InChI is InChI=1S/C15H20N2O3/c1-20-13-7-5-12(6-8-13)11-16-14(18)15(19)17-9-3-2-4-10-17/h5-8H,2-4,9-11H2,1H3,(H,16,18). The number of benzene rings is 1. The Morgan fingerprint density at radius 2 is 1.80 bits per heavy atom. The Morgan fingerprint density at radius 3 is 2.40 bits per heavy atom. The first-order chi connectivity index (χ1) is 9.70. The maximum Gasteiger partial charge on any atom is 0.311 e. The van der Waals surface area contributed by atoms with Crippen molar-refractivity contribution in [1.29, 1.82) is 0 Å². The van der Waals surface area contributed by atoms with E-state index in [1.54, 1.807) is 12.0 Å². The number of nitrogens with one attached hydrogen (secondary N) is 1. The molecule has 1 aromatic rings. The van der Waals surface area contributed by atoms with E-state index in [1.165, 1.54) is 0 Å². The fraction of sp³-hybridized carbons (Fsp3) is 0.467. The Morgan fingerprint density at radius 1 is 1.15 bits per heavy atom. The molecular weight excluding hydrogens is 256 g/mol. The second-order valence-electron chi connectivity index (χ2n) is 4.88. The summed E-state index contributed by atoms with van der Waals surface area (Å²) in [5.74, 6) is -0.176. The third kappa shape index (κ3) is 3.73. The van der Waals surface area contributed by atoms with E-state index in [9.17, 15) is 9.59 Å². The molecule has 0 radical (unpaired) electrons. The van der Waals surface area contributed by atoms with Gasteiger partial charge in [0, 0.05) is 19.6 Å². The second kappa shape index (κ2) is 6.93. The quantitative estimate of drug-likeness (QED) is 0.847. The molecule has 2 amide bonds. The number of nitrogens with zero attached hydrogens (tertiary/aromatic N) is 1. The molecule has 0 aliphatic carbocycles. The van der Waals surface area contributed by atoms with Crippen molar-refractivity contribution in [3.05, 3.63) is 29.8 Å². The van der Waals surface area contributed by atoms with Gasteiger partial charge in [0.1, 0.15) is 5.75 Å². The molecule has 1 N–H and O–H groups in total. The maximum atomic E-state index is 11.9. The molecule has 0 bridgehead atoms. The fourth-order valence-corrected chi connectivity index (χ4v) is 2.24. The Labute approximate surface area is 118 Å². The summed E-state index contributed by atoms with van der Waals surface area (Å²) in [5, 5.41) is 2.66. The molecule has 2 rings (SSSR count). The van der Waals surface area contributed by atoms with Crippen LogP contribution in [-0.2, 0) is 16.1 Å². The van der Waals surface area contributed by atoms with Crippen molar-refractivity contribution in [1.82, 2.24) is 10.2 Å². The Bertz CT molecular complexity index is 465. The van der Waals surface area contributed by atoms with Gasteiger partial charge in [-0.3, -0.25) is 9.59 Å². The molecule has 1 saturated heterocycles. The van der Waals surface area contributed by atoms with Gasteiger partial charge >= 0.3 is 11.8 Å². The SMILES string of the molecule is COc1ccc(CNC(=O)C(=O)N2CCCCC2)cc1. The number of piperidine rings is 1. The van der Waals surface area contributed by atoms with Crippen LogP contribution in [-0.4, -0.2) is 36.9 Å². The summed E-state index contributed by atoms with van der Waals surface area (Å²) in [6.45, 7) is 1.73. The molecule has 1 fully saturated rings. The van der Waals surface area contributed by atoms with Gasteiger partial charge in [0.2, 0.25) is 0 Å². The molecule has 0 atom stereocenters. The van der Waals surface area contributed by atoms with Gasteiger partial charge in [-0.05, 0) is 37.0 Å².